The molecular weight excluding hydrogens is 383 g/mol. The second kappa shape index (κ2) is 7.35. The third kappa shape index (κ3) is 4.07. The molecule has 0 saturated carbocycles. The monoisotopic (exact) mass is 392 g/mol. The maximum Gasteiger partial charge on any atom is 0.285 e. The summed E-state index contributed by atoms with van der Waals surface area (Å²) in [7, 11) is 0. The fraction of sp³-hybridized carbons (Fsp3) is 0. The summed E-state index contributed by atoms with van der Waals surface area (Å²) in [6.07, 6.45) is 1.52. The van der Waals surface area contributed by atoms with Crippen molar-refractivity contribution < 1.29 is 14.0 Å². The highest BCUT2D eigenvalue weighted by molar-refractivity contribution is 8.26. The standard InChI is InChI=1S/C17H10ClFN2O2S2/c18-12-6-4-11(5-7-12)15(22)20-21-16(23)14(25-17(21)24)9-10-2-1-3-13(19)8-10/h1-9H,(H,20,22)/b14-9+. The minimum absolute atomic E-state index is 0.190. The van der Waals surface area contributed by atoms with Crippen LogP contribution in [-0.4, -0.2) is 21.1 Å². The molecule has 0 aliphatic carbocycles. The molecule has 1 aliphatic heterocycles. The molecule has 0 atom stereocenters. The average Bonchev–Trinajstić information content (AvgIpc) is 2.83. The van der Waals surface area contributed by atoms with Gasteiger partial charge in [0.1, 0.15) is 5.82 Å². The number of carbonyl (C=O) groups is 2. The first-order valence-corrected chi connectivity index (χ1v) is 8.64. The van der Waals surface area contributed by atoms with Crippen molar-refractivity contribution in [1.82, 2.24) is 10.4 Å². The van der Waals surface area contributed by atoms with Crippen molar-refractivity contribution in [3.63, 3.8) is 0 Å². The second-order valence-electron chi connectivity index (χ2n) is 5.02. The Labute approximate surface area is 157 Å². The summed E-state index contributed by atoms with van der Waals surface area (Å²) in [6, 6.07) is 12.1. The highest BCUT2D eigenvalue weighted by Gasteiger charge is 2.33. The molecule has 8 heteroatoms. The molecule has 2 aromatic rings. The second-order valence-corrected chi connectivity index (χ2v) is 7.13. The van der Waals surface area contributed by atoms with E-state index >= 15 is 0 Å². The van der Waals surface area contributed by atoms with Crippen molar-refractivity contribution in [2.45, 2.75) is 0 Å². The summed E-state index contributed by atoms with van der Waals surface area (Å²) in [5.74, 6) is -1.36. The van der Waals surface area contributed by atoms with Crippen molar-refractivity contribution >= 4 is 57.8 Å². The number of thiocarbonyl (C=S) groups is 1. The van der Waals surface area contributed by atoms with Crippen molar-refractivity contribution in [2.24, 2.45) is 0 Å². The van der Waals surface area contributed by atoms with Crippen molar-refractivity contribution in [3.8, 4) is 0 Å². The van der Waals surface area contributed by atoms with Crippen LogP contribution in [0.4, 0.5) is 4.39 Å². The number of rotatable bonds is 3. The molecule has 0 unspecified atom stereocenters. The highest BCUT2D eigenvalue weighted by Crippen LogP contribution is 2.31. The first kappa shape index (κ1) is 17.6. The molecule has 25 heavy (non-hydrogen) atoms. The van der Waals surface area contributed by atoms with Gasteiger partial charge in [0, 0.05) is 10.6 Å². The van der Waals surface area contributed by atoms with E-state index in [1.54, 1.807) is 24.3 Å². The maximum atomic E-state index is 13.3. The van der Waals surface area contributed by atoms with Crippen LogP contribution in [0.3, 0.4) is 0 Å². The summed E-state index contributed by atoms with van der Waals surface area (Å²) in [5.41, 5.74) is 3.34. The summed E-state index contributed by atoms with van der Waals surface area (Å²) in [6.45, 7) is 0. The minimum atomic E-state index is -0.486. The third-order valence-electron chi connectivity index (χ3n) is 3.26. The number of hydrogen-bond acceptors (Lipinski definition) is 4. The number of amides is 2. The zero-order valence-corrected chi connectivity index (χ0v) is 14.9. The van der Waals surface area contributed by atoms with Crippen LogP contribution >= 0.6 is 35.6 Å². The summed E-state index contributed by atoms with van der Waals surface area (Å²) in [5, 5.41) is 1.50. The Morgan fingerprint density at radius 1 is 1.24 bits per heavy atom. The van der Waals surface area contributed by atoms with E-state index in [0.717, 1.165) is 16.8 Å². The van der Waals surface area contributed by atoms with Gasteiger partial charge in [0.15, 0.2) is 4.32 Å². The van der Waals surface area contributed by atoms with Crippen LogP contribution in [0.1, 0.15) is 15.9 Å². The molecule has 0 bridgehead atoms. The number of hydrogen-bond donors (Lipinski definition) is 1. The van der Waals surface area contributed by atoms with E-state index in [9.17, 15) is 14.0 Å². The van der Waals surface area contributed by atoms with Crippen LogP contribution < -0.4 is 5.43 Å². The predicted octanol–water partition coefficient (Wildman–Crippen LogP) is 4.03. The van der Waals surface area contributed by atoms with Crippen LogP contribution in [-0.2, 0) is 4.79 Å². The molecule has 1 aliphatic rings. The normalized spacial score (nSPS) is 15.8. The van der Waals surface area contributed by atoms with E-state index in [-0.39, 0.29) is 4.32 Å². The zero-order valence-electron chi connectivity index (χ0n) is 12.5. The number of hydrazine groups is 1. The zero-order chi connectivity index (χ0) is 18.0. The number of halogens is 2. The number of nitrogens with zero attached hydrogens (tertiary/aromatic N) is 1. The van der Waals surface area contributed by atoms with Gasteiger partial charge < -0.3 is 0 Å². The molecule has 126 valence electrons. The molecule has 2 amide bonds. The van der Waals surface area contributed by atoms with Gasteiger partial charge in [-0.3, -0.25) is 15.0 Å². The average molecular weight is 393 g/mol. The Hall–Kier alpha value is -2.22. The summed E-state index contributed by atoms with van der Waals surface area (Å²) < 4.78 is 13.4. The van der Waals surface area contributed by atoms with Gasteiger partial charge in [-0.2, -0.15) is 5.01 Å². The van der Waals surface area contributed by atoms with Gasteiger partial charge >= 0.3 is 0 Å². The van der Waals surface area contributed by atoms with Crippen LogP contribution in [0.5, 0.6) is 0 Å². The number of benzene rings is 2. The van der Waals surface area contributed by atoms with E-state index in [0.29, 0.717) is 21.1 Å². The quantitative estimate of drug-likeness (QED) is 0.633. The van der Waals surface area contributed by atoms with E-state index in [4.69, 9.17) is 23.8 Å². The van der Waals surface area contributed by atoms with Crippen LogP contribution in [0.2, 0.25) is 5.02 Å². The lowest BCUT2D eigenvalue weighted by molar-refractivity contribution is -0.123. The van der Waals surface area contributed by atoms with Gasteiger partial charge in [0.2, 0.25) is 0 Å². The molecule has 4 nitrogen and oxygen atoms in total. The fourth-order valence-electron chi connectivity index (χ4n) is 2.08. The van der Waals surface area contributed by atoms with Crippen molar-refractivity contribution in [3.05, 3.63) is 75.4 Å². The van der Waals surface area contributed by atoms with Crippen LogP contribution in [0, 0.1) is 5.82 Å². The molecule has 0 radical (unpaired) electrons. The summed E-state index contributed by atoms with van der Waals surface area (Å²) >= 11 is 12.0. The number of carbonyl (C=O) groups excluding carboxylic acids is 2. The fourth-order valence-corrected chi connectivity index (χ4v) is 3.38. The lowest BCUT2D eigenvalue weighted by Crippen LogP contribution is -2.44. The van der Waals surface area contributed by atoms with Crippen LogP contribution in [0.25, 0.3) is 6.08 Å². The molecule has 0 aromatic heterocycles. The molecule has 2 aromatic carbocycles. The maximum absolute atomic E-state index is 13.3. The Morgan fingerprint density at radius 2 is 1.96 bits per heavy atom. The van der Waals surface area contributed by atoms with E-state index in [1.165, 1.54) is 30.3 Å². The third-order valence-corrected chi connectivity index (χ3v) is 4.81. The van der Waals surface area contributed by atoms with Gasteiger partial charge in [0.05, 0.1) is 4.91 Å². The van der Waals surface area contributed by atoms with E-state index in [1.807, 2.05) is 0 Å². The van der Waals surface area contributed by atoms with Crippen molar-refractivity contribution in [2.75, 3.05) is 0 Å². The molecule has 1 heterocycles. The number of thioether (sulfide) groups is 1. The largest absolute Gasteiger partial charge is 0.285 e. The van der Waals surface area contributed by atoms with Crippen molar-refractivity contribution in [1.29, 1.82) is 0 Å². The first-order valence-electron chi connectivity index (χ1n) is 7.04. The molecular formula is C17H10ClFN2O2S2. The molecule has 0 spiro atoms. The highest BCUT2D eigenvalue weighted by atomic mass is 35.5. The molecule has 1 saturated heterocycles. The minimum Gasteiger partial charge on any atom is -0.267 e. The van der Waals surface area contributed by atoms with Gasteiger partial charge in [-0.25, -0.2) is 4.39 Å². The lowest BCUT2D eigenvalue weighted by Gasteiger charge is -2.15. The Bertz CT molecular complexity index is 900. The van der Waals surface area contributed by atoms with Gasteiger partial charge in [-0.15, -0.1) is 0 Å². The number of nitrogens with one attached hydrogen (secondary N) is 1. The van der Waals surface area contributed by atoms with Crippen LogP contribution in [0.15, 0.2) is 53.4 Å². The topological polar surface area (TPSA) is 49.4 Å². The molecule has 1 fully saturated rings. The Balaban J connectivity index is 1.77. The molecule has 1 N–H and O–H groups in total. The van der Waals surface area contributed by atoms with E-state index < -0.39 is 17.6 Å². The smallest absolute Gasteiger partial charge is 0.267 e. The lowest BCUT2D eigenvalue weighted by atomic mass is 10.2. The Morgan fingerprint density at radius 3 is 2.64 bits per heavy atom. The van der Waals surface area contributed by atoms with Gasteiger partial charge in [-0.1, -0.05) is 35.5 Å². The Kier molecular flexibility index (Phi) is 5.17. The van der Waals surface area contributed by atoms with Gasteiger partial charge in [-0.05, 0) is 60.3 Å². The van der Waals surface area contributed by atoms with E-state index in [2.05, 4.69) is 5.43 Å². The predicted molar refractivity (Wildman–Crippen MR) is 100 cm³/mol. The SMILES string of the molecule is O=C(NN1C(=O)/C(=C\c2cccc(F)c2)SC1=S)c1ccc(Cl)cc1. The molecule has 3 rings (SSSR count). The van der Waals surface area contributed by atoms with Gasteiger partial charge in [0.25, 0.3) is 11.8 Å². The summed E-state index contributed by atoms with van der Waals surface area (Å²) in [4.78, 5) is 25.0. The first-order chi connectivity index (χ1) is 11.9.